The van der Waals surface area contributed by atoms with Gasteiger partial charge in [0.2, 0.25) is 0 Å². The first-order valence-electron chi connectivity index (χ1n) is 4.58. The molecule has 0 spiro atoms. The lowest BCUT2D eigenvalue weighted by Crippen LogP contribution is -1.98. The van der Waals surface area contributed by atoms with Crippen molar-refractivity contribution in [3.05, 3.63) is 41.0 Å². The van der Waals surface area contributed by atoms with Crippen LogP contribution in [0.15, 0.2) is 24.3 Å². The second-order valence-electron chi connectivity index (χ2n) is 3.41. The minimum Gasteiger partial charge on any atom is -0.295 e. The SMILES string of the molecule is CC(=O)c1ccc2c(c1)CCC=C2. The topological polar surface area (TPSA) is 17.1 Å². The molecule has 0 amide bonds. The van der Waals surface area contributed by atoms with E-state index in [2.05, 4.69) is 12.2 Å². The highest BCUT2D eigenvalue weighted by molar-refractivity contribution is 5.94. The summed E-state index contributed by atoms with van der Waals surface area (Å²) in [6.45, 7) is 1.61. The van der Waals surface area contributed by atoms with Crippen molar-refractivity contribution < 1.29 is 4.79 Å². The van der Waals surface area contributed by atoms with Gasteiger partial charge in [-0.1, -0.05) is 24.3 Å². The molecule has 0 aromatic heterocycles. The van der Waals surface area contributed by atoms with Gasteiger partial charge in [-0.2, -0.15) is 0 Å². The van der Waals surface area contributed by atoms with E-state index in [9.17, 15) is 4.79 Å². The highest BCUT2D eigenvalue weighted by atomic mass is 16.1. The Balaban J connectivity index is 2.48. The molecule has 0 unspecified atom stereocenters. The van der Waals surface area contributed by atoms with Gasteiger partial charge < -0.3 is 0 Å². The fourth-order valence-electron chi connectivity index (χ4n) is 1.65. The molecule has 0 saturated heterocycles. The number of hydrogen-bond donors (Lipinski definition) is 0. The van der Waals surface area contributed by atoms with Gasteiger partial charge in [-0.25, -0.2) is 0 Å². The van der Waals surface area contributed by atoms with Crippen LogP contribution in [0.4, 0.5) is 0 Å². The summed E-state index contributed by atoms with van der Waals surface area (Å²) >= 11 is 0. The van der Waals surface area contributed by atoms with E-state index in [1.807, 2.05) is 18.2 Å². The maximum Gasteiger partial charge on any atom is 0.159 e. The van der Waals surface area contributed by atoms with E-state index in [-0.39, 0.29) is 5.78 Å². The van der Waals surface area contributed by atoms with Gasteiger partial charge in [0.25, 0.3) is 0 Å². The number of fused-ring (bicyclic) bond motifs is 1. The van der Waals surface area contributed by atoms with Gasteiger partial charge >= 0.3 is 0 Å². The van der Waals surface area contributed by atoms with Gasteiger partial charge in [0.05, 0.1) is 0 Å². The van der Waals surface area contributed by atoms with Crippen LogP contribution in [0, 0.1) is 0 Å². The fourth-order valence-corrected chi connectivity index (χ4v) is 1.65. The van der Waals surface area contributed by atoms with Crippen LogP contribution in [0.3, 0.4) is 0 Å². The molecule has 66 valence electrons. The molecule has 0 atom stereocenters. The van der Waals surface area contributed by atoms with E-state index < -0.39 is 0 Å². The molecular formula is C12H12O. The predicted octanol–water partition coefficient (Wildman–Crippen LogP) is 2.85. The number of aryl methyl sites for hydroxylation is 1. The number of carbonyl (C=O) groups is 1. The van der Waals surface area contributed by atoms with Crippen LogP contribution in [0.1, 0.15) is 34.8 Å². The Bertz CT molecular complexity index is 375. The first kappa shape index (κ1) is 8.24. The normalized spacial score (nSPS) is 13.9. The molecule has 0 saturated carbocycles. The zero-order valence-electron chi connectivity index (χ0n) is 7.71. The Morgan fingerprint density at radius 2 is 2.23 bits per heavy atom. The average Bonchev–Trinajstić information content (AvgIpc) is 2.17. The Morgan fingerprint density at radius 1 is 1.38 bits per heavy atom. The van der Waals surface area contributed by atoms with Crippen LogP contribution in [0.25, 0.3) is 6.08 Å². The minimum atomic E-state index is 0.150. The number of allylic oxidation sites excluding steroid dienone is 1. The van der Waals surface area contributed by atoms with Gasteiger partial charge in [0.1, 0.15) is 0 Å². The average molecular weight is 172 g/mol. The van der Waals surface area contributed by atoms with Gasteiger partial charge in [-0.15, -0.1) is 0 Å². The van der Waals surface area contributed by atoms with Gasteiger partial charge in [-0.3, -0.25) is 4.79 Å². The molecule has 13 heavy (non-hydrogen) atoms. The third-order valence-electron chi connectivity index (χ3n) is 2.43. The summed E-state index contributed by atoms with van der Waals surface area (Å²) in [7, 11) is 0. The monoisotopic (exact) mass is 172 g/mol. The molecule has 1 aliphatic carbocycles. The smallest absolute Gasteiger partial charge is 0.159 e. The van der Waals surface area contributed by atoms with Crippen LogP contribution < -0.4 is 0 Å². The summed E-state index contributed by atoms with van der Waals surface area (Å²) < 4.78 is 0. The zero-order chi connectivity index (χ0) is 9.26. The molecule has 0 aliphatic heterocycles. The maximum atomic E-state index is 11.1. The van der Waals surface area contributed by atoms with Crippen LogP contribution >= 0.6 is 0 Å². The summed E-state index contributed by atoms with van der Waals surface area (Å²) in [6, 6.07) is 5.94. The highest BCUT2D eigenvalue weighted by Crippen LogP contribution is 2.20. The summed E-state index contributed by atoms with van der Waals surface area (Å²) in [5.74, 6) is 0.150. The van der Waals surface area contributed by atoms with Crippen molar-refractivity contribution >= 4 is 11.9 Å². The summed E-state index contributed by atoms with van der Waals surface area (Å²) in [6.07, 6.45) is 6.46. The van der Waals surface area contributed by atoms with E-state index in [1.165, 1.54) is 11.1 Å². The fraction of sp³-hybridized carbons (Fsp3) is 0.250. The quantitative estimate of drug-likeness (QED) is 0.595. The van der Waals surface area contributed by atoms with Crippen molar-refractivity contribution in [3.63, 3.8) is 0 Å². The summed E-state index contributed by atoms with van der Waals surface area (Å²) in [5, 5.41) is 0. The van der Waals surface area contributed by atoms with Crippen molar-refractivity contribution in [3.8, 4) is 0 Å². The lowest BCUT2D eigenvalue weighted by atomic mass is 9.95. The van der Waals surface area contributed by atoms with Crippen LogP contribution in [-0.2, 0) is 6.42 Å². The Morgan fingerprint density at radius 3 is 3.00 bits per heavy atom. The summed E-state index contributed by atoms with van der Waals surface area (Å²) in [5.41, 5.74) is 3.39. The van der Waals surface area contributed by atoms with E-state index in [0.717, 1.165) is 18.4 Å². The molecule has 2 rings (SSSR count). The molecule has 1 nitrogen and oxygen atoms in total. The molecule has 1 heteroatoms. The zero-order valence-corrected chi connectivity index (χ0v) is 7.71. The Hall–Kier alpha value is -1.37. The predicted molar refractivity (Wildman–Crippen MR) is 53.8 cm³/mol. The standard InChI is InChI=1S/C12H12O/c1-9(13)11-7-6-10-4-2-3-5-12(10)8-11/h2,4,6-8H,3,5H2,1H3. The van der Waals surface area contributed by atoms with E-state index in [0.29, 0.717) is 0 Å². The molecule has 0 fully saturated rings. The number of Topliss-reactive ketones (excluding diaryl/α,β-unsaturated/α-hetero) is 1. The van der Waals surface area contributed by atoms with Crippen LogP contribution in [-0.4, -0.2) is 5.78 Å². The van der Waals surface area contributed by atoms with Crippen molar-refractivity contribution in [1.29, 1.82) is 0 Å². The van der Waals surface area contributed by atoms with E-state index in [4.69, 9.17) is 0 Å². The number of rotatable bonds is 1. The molecule has 1 aromatic rings. The highest BCUT2D eigenvalue weighted by Gasteiger charge is 2.06. The number of benzene rings is 1. The molecule has 0 radical (unpaired) electrons. The first-order valence-corrected chi connectivity index (χ1v) is 4.58. The van der Waals surface area contributed by atoms with Crippen LogP contribution in [0.2, 0.25) is 0 Å². The second kappa shape index (κ2) is 3.17. The maximum absolute atomic E-state index is 11.1. The number of ketones is 1. The summed E-state index contributed by atoms with van der Waals surface area (Å²) in [4.78, 5) is 11.1. The first-order chi connectivity index (χ1) is 6.27. The molecule has 0 bridgehead atoms. The third-order valence-corrected chi connectivity index (χ3v) is 2.43. The van der Waals surface area contributed by atoms with Crippen molar-refractivity contribution in [2.24, 2.45) is 0 Å². The van der Waals surface area contributed by atoms with Gasteiger partial charge in [0, 0.05) is 5.56 Å². The van der Waals surface area contributed by atoms with E-state index in [1.54, 1.807) is 6.92 Å². The molecule has 1 aliphatic rings. The molecule has 0 N–H and O–H groups in total. The lowest BCUT2D eigenvalue weighted by Gasteiger charge is -2.10. The second-order valence-corrected chi connectivity index (χ2v) is 3.41. The lowest BCUT2D eigenvalue weighted by molar-refractivity contribution is 0.101. The number of hydrogen-bond acceptors (Lipinski definition) is 1. The molecular weight excluding hydrogens is 160 g/mol. The number of carbonyl (C=O) groups excluding carboxylic acids is 1. The van der Waals surface area contributed by atoms with Crippen molar-refractivity contribution in [2.45, 2.75) is 19.8 Å². The van der Waals surface area contributed by atoms with Crippen molar-refractivity contribution in [2.75, 3.05) is 0 Å². The largest absolute Gasteiger partial charge is 0.295 e. The molecule has 0 heterocycles. The molecule has 1 aromatic carbocycles. The van der Waals surface area contributed by atoms with E-state index >= 15 is 0 Å². The Kier molecular flexibility index (Phi) is 2.01. The van der Waals surface area contributed by atoms with Gasteiger partial charge in [0.15, 0.2) is 5.78 Å². The minimum absolute atomic E-state index is 0.150. The van der Waals surface area contributed by atoms with Crippen molar-refractivity contribution in [1.82, 2.24) is 0 Å². The Labute approximate surface area is 78.1 Å². The van der Waals surface area contributed by atoms with Crippen LogP contribution in [0.5, 0.6) is 0 Å². The van der Waals surface area contributed by atoms with Gasteiger partial charge in [-0.05, 0) is 37.0 Å². The third kappa shape index (κ3) is 1.55.